The summed E-state index contributed by atoms with van der Waals surface area (Å²) in [7, 11) is -4.02. The number of benzene rings is 1. The second kappa shape index (κ2) is 8.29. The third-order valence-electron chi connectivity index (χ3n) is 5.01. The van der Waals surface area contributed by atoms with Crippen LogP contribution in [-0.2, 0) is 29.9 Å². The van der Waals surface area contributed by atoms with Gasteiger partial charge in [-0.2, -0.15) is 0 Å². The lowest BCUT2D eigenvalue weighted by atomic mass is 9.94. The number of carboxylic acids is 1. The number of sulfone groups is 1. The molecule has 0 radical (unpaired) electrons. The van der Waals surface area contributed by atoms with Crippen LogP contribution in [0.2, 0.25) is 5.02 Å². The molecule has 1 aliphatic heterocycles. The molecule has 1 spiro atoms. The van der Waals surface area contributed by atoms with Crippen LogP contribution in [0.4, 0.5) is 4.39 Å². The monoisotopic (exact) mass is 450 g/mol. The molecule has 1 aromatic rings. The number of hydrogen-bond donors (Lipinski definition) is 3. The summed E-state index contributed by atoms with van der Waals surface area (Å²) in [6, 6.07) is 3.30. The molecule has 0 aromatic heterocycles. The molecule has 0 bridgehead atoms. The van der Waals surface area contributed by atoms with Crippen molar-refractivity contribution in [3.63, 3.8) is 0 Å². The average Bonchev–Trinajstić information content (AvgIpc) is 3.01. The number of hydrogen-bond acceptors (Lipinski definition) is 7. The molecule has 1 fully saturated rings. The normalized spacial score (nSPS) is 26.5. The highest BCUT2D eigenvalue weighted by Crippen LogP contribution is 2.41. The Morgan fingerprint density at radius 2 is 1.86 bits per heavy atom. The van der Waals surface area contributed by atoms with Gasteiger partial charge in [-0.25, -0.2) is 17.6 Å². The molecular formula is C18H20ClFO8S. The first-order valence-electron chi connectivity index (χ1n) is 8.79. The average molecular weight is 451 g/mol. The van der Waals surface area contributed by atoms with E-state index in [4.69, 9.17) is 21.1 Å². The molecule has 0 saturated carbocycles. The van der Waals surface area contributed by atoms with E-state index >= 15 is 0 Å². The molecule has 8 nitrogen and oxygen atoms in total. The topological polar surface area (TPSA) is 130 Å². The zero-order valence-corrected chi connectivity index (χ0v) is 16.7. The van der Waals surface area contributed by atoms with Gasteiger partial charge in [0.2, 0.25) is 0 Å². The van der Waals surface area contributed by atoms with E-state index in [0.717, 1.165) is 18.2 Å². The number of carboxylic acid groups (broad SMARTS) is 1. The van der Waals surface area contributed by atoms with E-state index in [-0.39, 0.29) is 23.4 Å². The van der Waals surface area contributed by atoms with E-state index < -0.39 is 69.4 Å². The van der Waals surface area contributed by atoms with Crippen LogP contribution in [0.1, 0.15) is 18.4 Å². The van der Waals surface area contributed by atoms with Crippen LogP contribution in [0.3, 0.4) is 0 Å². The fraction of sp³-hybridized carbons (Fsp3) is 0.500. The van der Waals surface area contributed by atoms with Gasteiger partial charge in [-0.15, -0.1) is 0 Å². The maximum Gasteiger partial charge on any atom is 0.332 e. The fourth-order valence-electron chi connectivity index (χ4n) is 3.61. The van der Waals surface area contributed by atoms with E-state index in [1.165, 1.54) is 6.07 Å². The predicted octanol–water partition coefficient (Wildman–Crippen LogP) is 1.03. The molecule has 0 amide bonds. The van der Waals surface area contributed by atoms with Crippen molar-refractivity contribution in [1.29, 1.82) is 0 Å². The summed E-state index contributed by atoms with van der Waals surface area (Å²) < 4.78 is 50.3. The standard InChI is InChI=1S/C18H20ClFO8S/c19-13-5-11(20)2-1-10(13)9-29(25,26)16-3-4-18(6-12(16)17(23)24)27-14(7-21)15(8-22)28-18/h1-2,5-6,14-16,21-22H,3-4,7-9H2,(H,23,24)/t14-,15-,16?/m1/s1. The Kier molecular flexibility index (Phi) is 6.32. The molecule has 1 heterocycles. The lowest BCUT2D eigenvalue weighted by Gasteiger charge is -2.33. The molecule has 2 aliphatic rings. The quantitative estimate of drug-likeness (QED) is 0.586. The van der Waals surface area contributed by atoms with Gasteiger partial charge in [0.25, 0.3) is 0 Å². The van der Waals surface area contributed by atoms with Crippen molar-refractivity contribution >= 4 is 27.4 Å². The molecule has 160 valence electrons. The number of aliphatic carboxylic acids is 1. The van der Waals surface area contributed by atoms with Crippen molar-refractivity contribution in [1.82, 2.24) is 0 Å². The van der Waals surface area contributed by atoms with Crippen LogP contribution in [0.25, 0.3) is 0 Å². The molecule has 3 atom stereocenters. The van der Waals surface area contributed by atoms with Gasteiger partial charge < -0.3 is 24.8 Å². The van der Waals surface area contributed by atoms with Gasteiger partial charge in [0.1, 0.15) is 18.0 Å². The number of aliphatic hydroxyl groups is 2. The lowest BCUT2D eigenvalue weighted by Crippen LogP contribution is -2.41. The summed E-state index contributed by atoms with van der Waals surface area (Å²) in [5, 5.41) is 26.9. The highest BCUT2D eigenvalue weighted by atomic mass is 35.5. The fourth-order valence-corrected chi connectivity index (χ4v) is 5.84. The highest BCUT2D eigenvalue weighted by molar-refractivity contribution is 7.91. The number of ether oxygens (including phenoxy) is 2. The van der Waals surface area contributed by atoms with Crippen LogP contribution in [-0.4, -0.2) is 66.2 Å². The zero-order chi connectivity index (χ0) is 21.4. The summed E-state index contributed by atoms with van der Waals surface area (Å²) in [4.78, 5) is 11.8. The Labute approximate surface area is 171 Å². The van der Waals surface area contributed by atoms with E-state index in [1.54, 1.807) is 0 Å². The summed E-state index contributed by atoms with van der Waals surface area (Å²) in [5.41, 5.74) is -0.267. The van der Waals surface area contributed by atoms with Gasteiger partial charge in [-0.1, -0.05) is 17.7 Å². The van der Waals surface area contributed by atoms with Gasteiger partial charge in [0.05, 0.1) is 29.8 Å². The number of aliphatic hydroxyl groups excluding tert-OH is 2. The summed E-state index contributed by atoms with van der Waals surface area (Å²) >= 11 is 5.91. The number of halogens is 2. The third kappa shape index (κ3) is 4.47. The summed E-state index contributed by atoms with van der Waals surface area (Å²) in [6.45, 7) is -0.901. The first-order chi connectivity index (χ1) is 13.6. The lowest BCUT2D eigenvalue weighted by molar-refractivity contribution is -0.153. The molecule has 1 aromatic carbocycles. The van der Waals surface area contributed by atoms with E-state index in [9.17, 15) is 32.9 Å². The Balaban J connectivity index is 1.91. The van der Waals surface area contributed by atoms with Gasteiger partial charge >= 0.3 is 5.97 Å². The van der Waals surface area contributed by atoms with Crippen molar-refractivity contribution in [3.8, 4) is 0 Å². The highest BCUT2D eigenvalue weighted by Gasteiger charge is 2.51. The van der Waals surface area contributed by atoms with E-state index in [2.05, 4.69) is 0 Å². The minimum atomic E-state index is -4.02. The third-order valence-corrected chi connectivity index (χ3v) is 7.43. The molecular weight excluding hydrogens is 431 g/mol. The maximum atomic E-state index is 13.2. The number of carbonyl (C=O) groups is 1. The largest absolute Gasteiger partial charge is 0.478 e. The minimum absolute atomic E-state index is 0.0117. The Morgan fingerprint density at radius 1 is 1.24 bits per heavy atom. The first kappa shape index (κ1) is 22.1. The van der Waals surface area contributed by atoms with Crippen molar-refractivity contribution in [2.45, 2.75) is 41.8 Å². The smallest absolute Gasteiger partial charge is 0.332 e. The van der Waals surface area contributed by atoms with Crippen LogP contribution in [0.5, 0.6) is 0 Å². The first-order valence-corrected chi connectivity index (χ1v) is 10.9. The van der Waals surface area contributed by atoms with Gasteiger partial charge in [-0.05, 0) is 30.2 Å². The summed E-state index contributed by atoms with van der Waals surface area (Å²) in [6.07, 6.45) is -0.742. The van der Waals surface area contributed by atoms with Crippen molar-refractivity contribution in [2.75, 3.05) is 13.2 Å². The van der Waals surface area contributed by atoms with Gasteiger partial charge in [0.15, 0.2) is 15.6 Å². The van der Waals surface area contributed by atoms with Crippen molar-refractivity contribution < 1.29 is 42.4 Å². The van der Waals surface area contributed by atoms with Crippen LogP contribution in [0.15, 0.2) is 29.8 Å². The molecule has 29 heavy (non-hydrogen) atoms. The van der Waals surface area contributed by atoms with Gasteiger partial charge in [0, 0.05) is 11.4 Å². The molecule has 1 unspecified atom stereocenters. The Hall–Kier alpha value is -1.56. The molecule has 3 rings (SSSR count). The SMILES string of the molecule is O=C(O)C1=CC2(CCC1S(=O)(=O)Cc1ccc(F)cc1Cl)O[C@H](CO)[C@@H](CO)O2. The summed E-state index contributed by atoms with van der Waals surface area (Å²) in [5.74, 6) is -4.17. The molecule has 1 aliphatic carbocycles. The minimum Gasteiger partial charge on any atom is -0.478 e. The second-order valence-corrected chi connectivity index (χ2v) is 9.56. The van der Waals surface area contributed by atoms with E-state index in [0.29, 0.717) is 0 Å². The predicted molar refractivity (Wildman–Crippen MR) is 99.4 cm³/mol. The van der Waals surface area contributed by atoms with Crippen LogP contribution in [0, 0.1) is 5.82 Å². The van der Waals surface area contributed by atoms with Crippen LogP contribution >= 0.6 is 11.6 Å². The van der Waals surface area contributed by atoms with Crippen molar-refractivity contribution in [2.24, 2.45) is 0 Å². The van der Waals surface area contributed by atoms with Crippen molar-refractivity contribution in [3.05, 3.63) is 46.3 Å². The molecule has 3 N–H and O–H groups in total. The number of rotatable bonds is 6. The Morgan fingerprint density at radius 3 is 2.38 bits per heavy atom. The second-order valence-electron chi connectivity index (χ2n) is 6.96. The Bertz CT molecular complexity index is 920. The van der Waals surface area contributed by atoms with Gasteiger partial charge in [-0.3, -0.25) is 0 Å². The zero-order valence-electron chi connectivity index (χ0n) is 15.1. The maximum absolute atomic E-state index is 13.2. The molecule has 11 heteroatoms. The van der Waals surface area contributed by atoms with E-state index in [1.807, 2.05) is 0 Å². The van der Waals surface area contributed by atoms with Crippen LogP contribution < -0.4 is 0 Å². The molecule has 1 saturated heterocycles.